The van der Waals surface area contributed by atoms with Crippen molar-refractivity contribution in [1.29, 1.82) is 0 Å². The van der Waals surface area contributed by atoms with E-state index in [1.165, 1.54) is 0 Å². The highest BCUT2D eigenvalue weighted by atomic mass is 16.5. The van der Waals surface area contributed by atoms with Crippen LogP contribution in [0.5, 0.6) is 0 Å². The van der Waals surface area contributed by atoms with Crippen molar-refractivity contribution in [1.82, 2.24) is 15.0 Å². The summed E-state index contributed by atoms with van der Waals surface area (Å²) in [4.78, 5) is 26.7. The number of aromatic nitrogens is 3. The zero-order chi connectivity index (χ0) is 22.1. The van der Waals surface area contributed by atoms with Crippen molar-refractivity contribution in [2.24, 2.45) is 0 Å². The maximum absolute atomic E-state index is 12.6. The lowest BCUT2D eigenvalue weighted by Gasteiger charge is -2.28. The molecule has 0 unspecified atom stereocenters. The molecule has 0 amide bonds. The lowest BCUT2D eigenvalue weighted by molar-refractivity contribution is 0.122. The Balaban J connectivity index is 1.53. The first-order chi connectivity index (χ1) is 15.6. The Morgan fingerprint density at radius 2 is 1.91 bits per heavy atom. The molecule has 8 nitrogen and oxygen atoms in total. The fourth-order valence-electron chi connectivity index (χ4n) is 3.89. The number of benzene rings is 1. The fourth-order valence-corrected chi connectivity index (χ4v) is 3.89. The first kappa shape index (κ1) is 20.0. The lowest BCUT2D eigenvalue weighted by Crippen LogP contribution is -2.36. The summed E-state index contributed by atoms with van der Waals surface area (Å²) in [7, 11) is 0. The molecule has 4 N–H and O–H groups in total. The van der Waals surface area contributed by atoms with Crippen LogP contribution in [0.25, 0.3) is 22.0 Å². The van der Waals surface area contributed by atoms with Crippen molar-refractivity contribution in [3.63, 3.8) is 0 Å². The number of morpholine rings is 1. The Kier molecular flexibility index (Phi) is 5.20. The van der Waals surface area contributed by atoms with Gasteiger partial charge in [-0.25, -0.2) is 9.97 Å². The highest BCUT2D eigenvalue weighted by Gasteiger charge is 2.14. The number of H-pyrrole nitrogens is 1. The molecule has 4 heterocycles. The number of aryl methyl sites for hydroxylation is 1. The maximum Gasteiger partial charge on any atom is 0.259 e. The van der Waals surface area contributed by atoms with Crippen LogP contribution in [0.2, 0.25) is 0 Å². The van der Waals surface area contributed by atoms with Gasteiger partial charge >= 0.3 is 0 Å². The number of ether oxygens (including phenoxy) is 1. The Bertz CT molecular complexity index is 1330. The highest BCUT2D eigenvalue weighted by molar-refractivity contribution is 5.95. The fraction of sp³-hybridized carbons (Fsp3) is 0.208. The second-order valence-electron chi connectivity index (χ2n) is 7.82. The molecule has 1 saturated heterocycles. The number of fused-ring (bicyclic) bond motifs is 1. The number of pyridine rings is 3. The molecule has 0 aliphatic carbocycles. The van der Waals surface area contributed by atoms with Crippen molar-refractivity contribution in [3.05, 3.63) is 70.8 Å². The number of nitrogens with one attached hydrogen (secondary N) is 2. The average molecular weight is 428 g/mol. The smallest absolute Gasteiger partial charge is 0.259 e. The van der Waals surface area contributed by atoms with E-state index in [4.69, 9.17) is 15.5 Å². The summed E-state index contributed by atoms with van der Waals surface area (Å²) in [5, 5.41) is 4.63. The Labute approximate surface area is 185 Å². The van der Waals surface area contributed by atoms with Crippen molar-refractivity contribution in [2.45, 2.75) is 6.92 Å². The van der Waals surface area contributed by atoms with E-state index in [0.717, 1.165) is 54.2 Å². The lowest BCUT2D eigenvalue weighted by atomic mass is 10.1. The number of hydrogen-bond acceptors (Lipinski definition) is 7. The topological polar surface area (TPSA) is 109 Å². The standard InChI is InChI=1S/C24H24N6O2/c1-15-12-17(14-27-22(15)25)20-13-16-6-7-26-24(31)21(16)23(29-20)28-18-2-4-19(5-3-18)30-8-10-32-11-9-30/h2-7,12-14H,8-11H2,1H3,(H2,25,27)(H,26,31)(H,28,29). The van der Waals surface area contributed by atoms with Gasteiger partial charge in [-0.3, -0.25) is 4.79 Å². The third-order valence-electron chi connectivity index (χ3n) is 5.68. The van der Waals surface area contributed by atoms with E-state index in [2.05, 4.69) is 32.3 Å². The quantitative estimate of drug-likeness (QED) is 0.457. The molecule has 3 aromatic heterocycles. The van der Waals surface area contributed by atoms with E-state index >= 15 is 0 Å². The van der Waals surface area contributed by atoms with Crippen LogP contribution in [0.3, 0.4) is 0 Å². The zero-order valence-electron chi connectivity index (χ0n) is 17.8. The van der Waals surface area contributed by atoms with Gasteiger partial charge in [0.25, 0.3) is 5.56 Å². The summed E-state index contributed by atoms with van der Waals surface area (Å²) >= 11 is 0. The molecule has 0 radical (unpaired) electrons. The van der Waals surface area contributed by atoms with Crippen molar-refractivity contribution in [3.8, 4) is 11.3 Å². The van der Waals surface area contributed by atoms with Crippen LogP contribution in [-0.4, -0.2) is 41.3 Å². The number of nitrogens with zero attached hydrogens (tertiary/aromatic N) is 3. The third-order valence-corrected chi connectivity index (χ3v) is 5.68. The third kappa shape index (κ3) is 3.88. The molecule has 1 aliphatic heterocycles. The van der Waals surface area contributed by atoms with Crippen molar-refractivity contribution >= 4 is 33.8 Å². The van der Waals surface area contributed by atoms with Gasteiger partial charge in [0.05, 0.1) is 24.3 Å². The minimum absolute atomic E-state index is 0.194. The van der Waals surface area contributed by atoms with Gasteiger partial charge in [0.1, 0.15) is 11.6 Å². The molecule has 1 aliphatic rings. The number of hydrogen-bond donors (Lipinski definition) is 3. The summed E-state index contributed by atoms with van der Waals surface area (Å²) in [5.41, 5.74) is 10.1. The predicted octanol–water partition coefficient (Wildman–Crippen LogP) is 3.46. The first-order valence-corrected chi connectivity index (χ1v) is 10.5. The Morgan fingerprint density at radius 3 is 2.66 bits per heavy atom. The van der Waals surface area contributed by atoms with Crippen LogP contribution in [0.15, 0.2) is 59.7 Å². The summed E-state index contributed by atoms with van der Waals surface area (Å²) in [5.74, 6) is 0.984. The largest absolute Gasteiger partial charge is 0.383 e. The summed E-state index contributed by atoms with van der Waals surface area (Å²) < 4.78 is 5.43. The summed E-state index contributed by atoms with van der Waals surface area (Å²) in [6.07, 6.45) is 3.34. The second-order valence-corrected chi connectivity index (χ2v) is 7.82. The van der Waals surface area contributed by atoms with Crippen LogP contribution < -0.4 is 21.5 Å². The molecule has 1 aromatic carbocycles. The molecule has 0 atom stereocenters. The molecular weight excluding hydrogens is 404 g/mol. The first-order valence-electron chi connectivity index (χ1n) is 10.5. The van der Waals surface area contributed by atoms with E-state index in [0.29, 0.717) is 22.7 Å². The number of aromatic amines is 1. The Hall–Kier alpha value is -3.91. The minimum atomic E-state index is -0.194. The van der Waals surface area contributed by atoms with Gasteiger partial charge < -0.3 is 25.7 Å². The molecule has 8 heteroatoms. The van der Waals surface area contributed by atoms with E-state index in [1.807, 2.05) is 37.3 Å². The number of rotatable bonds is 4. The van der Waals surface area contributed by atoms with Gasteiger partial charge in [-0.1, -0.05) is 0 Å². The van der Waals surface area contributed by atoms with E-state index in [9.17, 15) is 4.79 Å². The normalized spacial score (nSPS) is 14.0. The highest BCUT2D eigenvalue weighted by Crippen LogP contribution is 2.29. The van der Waals surface area contributed by atoms with Gasteiger partial charge in [-0.15, -0.1) is 0 Å². The Morgan fingerprint density at radius 1 is 1.12 bits per heavy atom. The van der Waals surface area contributed by atoms with Gasteiger partial charge in [0, 0.05) is 42.4 Å². The molecule has 5 rings (SSSR count). The minimum Gasteiger partial charge on any atom is -0.383 e. The van der Waals surface area contributed by atoms with Crippen LogP contribution >= 0.6 is 0 Å². The van der Waals surface area contributed by atoms with E-state index < -0.39 is 0 Å². The number of anilines is 4. The molecule has 4 aromatic rings. The second kappa shape index (κ2) is 8.32. The van der Waals surface area contributed by atoms with Gasteiger partial charge in [-0.05, 0) is 60.3 Å². The van der Waals surface area contributed by atoms with E-state index in [1.54, 1.807) is 12.4 Å². The summed E-state index contributed by atoms with van der Waals surface area (Å²) in [6, 6.07) is 13.8. The van der Waals surface area contributed by atoms with Crippen LogP contribution in [0, 0.1) is 6.92 Å². The number of nitrogens with two attached hydrogens (primary N) is 1. The van der Waals surface area contributed by atoms with Crippen molar-refractivity contribution < 1.29 is 4.74 Å². The van der Waals surface area contributed by atoms with Gasteiger partial charge in [-0.2, -0.15) is 0 Å². The van der Waals surface area contributed by atoms with Crippen LogP contribution in [0.4, 0.5) is 23.0 Å². The summed E-state index contributed by atoms with van der Waals surface area (Å²) in [6.45, 7) is 5.15. The molecule has 0 saturated carbocycles. The molecule has 0 bridgehead atoms. The molecule has 162 valence electrons. The predicted molar refractivity (Wildman–Crippen MR) is 128 cm³/mol. The molecule has 1 fully saturated rings. The van der Waals surface area contributed by atoms with Gasteiger partial charge in [0.15, 0.2) is 0 Å². The van der Waals surface area contributed by atoms with E-state index in [-0.39, 0.29) is 5.56 Å². The van der Waals surface area contributed by atoms with Crippen LogP contribution in [-0.2, 0) is 4.74 Å². The van der Waals surface area contributed by atoms with Crippen molar-refractivity contribution in [2.75, 3.05) is 42.3 Å². The maximum atomic E-state index is 12.6. The molecule has 0 spiro atoms. The van der Waals surface area contributed by atoms with Gasteiger partial charge in [0.2, 0.25) is 0 Å². The molecule has 32 heavy (non-hydrogen) atoms. The zero-order valence-corrected chi connectivity index (χ0v) is 17.8. The SMILES string of the molecule is Cc1cc(-c2cc3cc[nH]c(=O)c3c(Nc3ccc(N4CCOCC4)cc3)n2)cnc1N. The monoisotopic (exact) mass is 428 g/mol. The number of nitrogen functional groups attached to an aromatic ring is 1. The molecular formula is C24H24N6O2. The van der Waals surface area contributed by atoms with Crippen LogP contribution in [0.1, 0.15) is 5.56 Å². The average Bonchev–Trinajstić information content (AvgIpc) is 2.82.